The van der Waals surface area contributed by atoms with E-state index in [1.807, 2.05) is 54.6 Å². The molecule has 10 rings (SSSR count). The van der Waals surface area contributed by atoms with Crippen LogP contribution in [0, 0.1) is 0 Å². The lowest BCUT2D eigenvalue weighted by molar-refractivity contribution is 0.669. The number of hydrogen-bond acceptors (Lipinski definition) is 4. The molecule has 0 N–H and O–H groups in total. The average Bonchev–Trinajstić information content (AvgIpc) is 3.73. The molecular weight excluding hydrogens is 588 g/mol. The van der Waals surface area contributed by atoms with Gasteiger partial charge in [-0.15, -0.1) is 0 Å². The Morgan fingerprint density at radius 3 is 1.81 bits per heavy atom. The molecule has 4 heteroatoms. The van der Waals surface area contributed by atoms with Crippen LogP contribution in [-0.4, -0.2) is 9.97 Å². The molecule has 0 atom stereocenters. The van der Waals surface area contributed by atoms with Gasteiger partial charge in [0.15, 0.2) is 5.82 Å². The molecule has 0 bridgehead atoms. The van der Waals surface area contributed by atoms with Gasteiger partial charge in [0.25, 0.3) is 0 Å². The summed E-state index contributed by atoms with van der Waals surface area (Å²) >= 11 is 0. The highest BCUT2D eigenvalue weighted by Crippen LogP contribution is 2.44. The monoisotopic (exact) mass is 614 g/mol. The lowest BCUT2D eigenvalue weighted by atomic mass is 9.93. The van der Waals surface area contributed by atoms with E-state index in [-0.39, 0.29) is 0 Å². The van der Waals surface area contributed by atoms with Gasteiger partial charge < -0.3 is 8.83 Å². The third-order valence-corrected chi connectivity index (χ3v) is 9.30. The summed E-state index contributed by atoms with van der Waals surface area (Å²) in [6, 6.07) is 54.2. The highest BCUT2D eigenvalue weighted by Gasteiger charge is 2.20. The van der Waals surface area contributed by atoms with E-state index in [0.717, 1.165) is 88.5 Å². The molecule has 3 heterocycles. The minimum atomic E-state index is 0.661. The van der Waals surface area contributed by atoms with Gasteiger partial charge in [-0.25, -0.2) is 9.97 Å². The van der Waals surface area contributed by atoms with Crippen LogP contribution in [0.4, 0.5) is 0 Å². The summed E-state index contributed by atoms with van der Waals surface area (Å²) in [6.07, 6.45) is 0. The minimum Gasteiger partial charge on any atom is -0.456 e. The Labute approximate surface area is 275 Å². The fourth-order valence-electron chi connectivity index (χ4n) is 7.09. The number of furan rings is 2. The smallest absolute Gasteiger partial charge is 0.160 e. The number of nitrogens with zero attached hydrogens (tertiary/aromatic N) is 2. The number of aromatic nitrogens is 2. The summed E-state index contributed by atoms with van der Waals surface area (Å²) in [5.74, 6) is 0.661. The van der Waals surface area contributed by atoms with E-state index in [2.05, 4.69) is 103 Å². The number of fused-ring (bicyclic) bond motifs is 8. The van der Waals surface area contributed by atoms with Gasteiger partial charge in [-0.1, -0.05) is 121 Å². The number of para-hydroxylation sites is 1. The van der Waals surface area contributed by atoms with Crippen LogP contribution in [0.1, 0.15) is 0 Å². The topological polar surface area (TPSA) is 52.1 Å². The molecule has 0 fully saturated rings. The van der Waals surface area contributed by atoms with Crippen LogP contribution in [0.2, 0.25) is 0 Å². The van der Waals surface area contributed by atoms with Crippen molar-refractivity contribution < 1.29 is 8.83 Å². The summed E-state index contributed by atoms with van der Waals surface area (Å²) in [4.78, 5) is 10.3. The SMILES string of the molecule is c1ccc(-c2nc(-c3ccc4c(c3)oc3ccccc34)cc(-c3cccc4oc5cc(-c6ccccc6)c6ccccc6c5c34)n2)cc1. The zero-order valence-corrected chi connectivity index (χ0v) is 25.7. The van der Waals surface area contributed by atoms with E-state index in [1.54, 1.807) is 0 Å². The first-order valence-corrected chi connectivity index (χ1v) is 16.1. The van der Waals surface area contributed by atoms with Crippen LogP contribution in [0.15, 0.2) is 167 Å². The molecule has 0 amide bonds. The van der Waals surface area contributed by atoms with Crippen molar-refractivity contribution in [1.29, 1.82) is 0 Å². The van der Waals surface area contributed by atoms with Crippen molar-refractivity contribution in [3.63, 3.8) is 0 Å². The van der Waals surface area contributed by atoms with Gasteiger partial charge >= 0.3 is 0 Å². The van der Waals surface area contributed by atoms with Crippen molar-refractivity contribution in [3.05, 3.63) is 158 Å². The van der Waals surface area contributed by atoms with Crippen LogP contribution in [0.25, 0.3) is 99.7 Å². The summed E-state index contributed by atoms with van der Waals surface area (Å²) in [6.45, 7) is 0. The molecule has 48 heavy (non-hydrogen) atoms. The Morgan fingerprint density at radius 1 is 0.333 bits per heavy atom. The predicted octanol–water partition coefficient (Wildman–Crippen LogP) is 12.1. The first-order valence-electron chi connectivity index (χ1n) is 16.1. The quantitative estimate of drug-likeness (QED) is 0.198. The molecule has 4 nitrogen and oxygen atoms in total. The second-order valence-electron chi connectivity index (χ2n) is 12.1. The molecule has 7 aromatic carbocycles. The third-order valence-electron chi connectivity index (χ3n) is 9.30. The lowest BCUT2D eigenvalue weighted by Gasteiger charge is -2.11. The summed E-state index contributed by atoms with van der Waals surface area (Å²) < 4.78 is 12.9. The van der Waals surface area contributed by atoms with Crippen molar-refractivity contribution >= 4 is 54.6 Å². The zero-order chi connectivity index (χ0) is 31.6. The van der Waals surface area contributed by atoms with Gasteiger partial charge in [-0.3, -0.25) is 0 Å². The van der Waals surface area contributed by atoms with E-state index >= 15 is 0 Å². The van der Waals surface area contributed by atoms with Gasteiger partial charge in [0.1, 0.15) is 22.3 Å². The third kappa shape index (κ3) is 4.16. The summed E-state index contributed by atoms with van der Waals surface area (Å²) in [7, 11) is 0. The summed E-state index contributed by atoms with van der Waals surface area (Å²) in [5.41, 5.74) is 10.2. The molecule has 0 aliphatic heterocycles. The lowest BCUT2D eigenvalue weighted by Crippen LogP contribution is -1.96. The average molecular weight is 615 g/mol. The Hall–Kier alpha value is -6.52. The molecule has 224 valence electrons. The van der Waals surface area contributed by atoms with Gasteiger partial charge in [-0.2, -0.15) is 0 Å². The van der Waals surface area contributed by atoms with Crippen molar-refractivity contribution in [3.8, 4) is 45.0 Å². The van der Waals surface area contributed by atoms with Crippen molar-refractivity contribution in [2.75, 3.05) is 0 Å². The van der Waals surface area contributed by atoms with E-state index in [1.165, 1.54) is 5.39 Å². The standard InChI is InChI=1S/C44H26N2O2/c1-3-12-27(13-4-1)35-25-41-42(33-18-8-7-16-30(33)35)43-34(19-11-21-39(43)48-41)37-26-36(45-44(46-37)28-14-5-2-6-15-28)29-22-23-32-31-17-9-10-20-38(31)47-40(32)24-29/h1-26H. The van der Waals surface area contributed by atoms with Crippen LogP contribution < -0.4 is 0 Å². The molecule has 0 aliphatic rings. The molecule has 0 saturated heterocycles. The van der Waals surface area contributed by atoms with Gasteiger partial charge in [0.2, 0.25) is 0 Å². The first kappa shape index (κ1) is 26.7. The normalized spacial score (nSPS) is 11.8. The molecule has 0 unspecified atom stereocenters. The highest BCUT2D eigenvalue weighted by atomic mass is 16.3. The Balaban J connectivity index is 1.24. The fourth-order valence-corrected chi connectivity index (χ4v) is 7.09. The van der Waals surface area contributed by atoms with Crippen LogP contribution >= 0.6 is 0 Å². The number of benzene rings is 7. The van der Waals surface area contributed by atoms with Gasteiger partial charge in [-0.05, 0) is 58.3 Å². The maximum Gasteiger partial charge on any atom is 0.160 e. The summed E-state index contributed by atoms with van der Waals surface area (Å²) in [5, 5.41) is 6.65. The molecule has 0 spiro atoms. The fraction of sp³-hybridized carbons (Fsp3) is 0. The second kappa shape index (κ2) is 10.5. The maximum absolute atomic E-state index is 6.64. The first-order chi connectivity index (χ1) is 23.8. The molecular formula is C44H26N2O2. The molecule has 10 aromatic rings. The van der Waals surface area contributed by atoms with E-state index in [4.69, 9.17) is 18.8 Å². The van der Waals surface area contributed by atoms with Gasteiger partial charge in [0, 0.05) is 38.2 Å². The van der Waals surface area contributed by atoms with Crippen LogP contribution in [0.3, 0.4) is 0 Å². The maximum atomic E-state index is 6.64. The molecule has 0 saturated carbocycles. The molecule has 3 aromatic heterocycles. The van der Waals surface area contributed by atoms with Gasteiger partial charge in [0.05, 0.1) is 11.4 Å². The largest absolute Gasteiger partial charge is 0.456 e. The zero-order valence-electron chi connectivity index (χ0n) is 25.7. The van der Waals surface area contributed by atoms with Crippen molar-refractivity contribution in [2.45, 2.75) is 0 Å². The Bertz CT molecular complexity index is 2830. The van der Waals surface area contributed by atoms with E-state index in [9.17, 15) is 0 Å². The Morgan fingerprint density at radius 2 is 0.979 bits per heavy atom. The van der Waals surface area contributed by atoms with Crippen molar-refractivity contribution in [1.82, 2.24) is 9.97 Å². The van der Waals surface area contributed by atoms with Crippen LogP contribution in [0.5, 0.6) is 0 Å². The van der Waals surface area contributed by atoms with Crippen LogP contribution in [-0.2, 0) is 0 Å². The van der Waals surface area contributed by atoms with Crippen molar-refractivity contribution in [2.24, 2.45) is 0 Å². The minimum absolute atomic E-state index is 0.661. The highest BCUT2D eigenvalue weighted by molar-refractivity contribution is 6.25. The second-order valence-corrected chi connectivity index (χ2v) is 12.1. The predicted molar refractivity (Wildman–Crippen MR) is 196 cm³/mol. The Kier molecular flexibility index (Phi) is 5.84. The molecule has 0 radical (unpaired) electrons. The number of hydrogen-bond donors (Lipinski definition) is 0. The number of rotatable bonds is 4. The molecule has 0 aliphatic carbocycles. The van der Waals surface area contributed by atoms with E-state index in [0.29, 0.717) is 5.82 Å². The van der Waals surface area contributed by atoms with E-state index < -0.39 is 0 Å².